The number of ether oxygens (including phenoxy) is 1. The molecule has 3 nitrogen and oxygen atoms in total. The molecule has 0 bridgehead atoms. The fourth-order valence-electron chi connectivity index (χ4n) is 1.64. The van der Waals surface area contributed by atoms with E-state index in [1.54, 1.807) is 18.2 Å². The van der Waals surface area contributed by atoms with Gasteiger partial charge < -0.3 is 14.5 Å². The third-order valence-corrected chi connectivity index (χ3v) is 2.42. The van der Waals surface area contributed by atoms with E-state index >= 15 is 0 Å². The lowest BCUT2D eigenvalue weighted by Gasteiger charge is -2.14. The molecular formula is C13H12F3NO2. The third kappa shape index (κ3) is 3.94. The summed E-state index contributed by atoms with van der Waals surface area (Å²) in [5.74, 6) is 0.436. The molecule has 2 rings (SSSR count). The van der Waals surface area contributed by atoms with Gasteiger partial charge >= 0.3 is 6.36 Å². The molecule has 1 aromatic heterocycles. The van der Waals surface area contributed by atoms with Gasteiger partial charge in [0.25, 0.3) is 0 Å². The van der Waals surface area contributed by atoms with Crippen LogP contribution in [0, 0.1) is 0 Å². The Kier molecular flexibility index (Phi) is 3.69. The van der Waals surface area contributed by atoms with Crippen LogP contribution in [0.25, 0.3) is 0 Å². The number of furan rings is 1. The number of alkyl halides is 3. The molecular weight excluding hydrogens is 259 g/mol. The number of nitrogens with one attached hydrogen (secondary N) is 1. The van der Waals surface area contributed by atoms with Crippen LogP contribution in [0.1, 0.15) is 18.7 Å². The lowest BCUT2D eigenvalue weighted by Crippen LogP contribution is -2.17. The van der Waals surface area contributed by atoms with Crippen molar-refractivity contribution >= 4 is 5.69 Å². The molecule has 6 heteroatoms. The second-order valence-electron chi connectivity index (χ2n) is 3.96. The Labute approximate surface area is 108 Å². The summed E-state index contributed by atoms with van der Waals surface area (Å²) in [7, 11) is 0. The quantitative estimate of drug-likeness (QED) is 0.897. The maximum Gasteiger partial charge on any atom is 0.573 e. The van der Waals surface area contributed by atoms with Gasteiger partial charge in [-0.15, -0.1) is 13.2 Å². The fraction of sp³-hybridized carbons (Fsp3) is 0.231. The maximum absolute atomic E-state index is 12.1. The van der Waals surface area contributed by atoms with Crippen LogP contribution in [0.15, 0.2) is 47.1 Å². The van der Waals surface area contributed by atoms with Gasteiger partial charge in [-0.25, -0.2) is 0 Å². The normalized spacial score (nSPS) is 13.1. The predicted octanol–water partition coefficient (Wildman–Crippen LogP) is 4.35. The molecule has 1 unspecified atom stereocenters. The number of benzene rings is 1. The summed E-state index contributed by atoms with van der Waals surface area (Å²) in [5, 5.41) is 3.03. The standard InChI is InChI=1S/C13H12F3NO2/c1-9(12-6-3-7-18-12)17-10-4-2-5-11(8-10)19-13(14,15)16/h2-9,17H,1H3. The highest BCUT2D eigenvalue weighted by molar-refractivity contribution is 5.49. The van der Waals surface area contributed by atoms with Crippen LogP contribution in [0.4, 0.5) is 18.9 Å². The molecule has 0 spiro atoms. The first kappa shape index (κ1) is 13.3. The molecule has 1 aromatic carbocycles. The molecule has 1 N–H and O–H groups in total. The lowest BCUT2D eigenvalue weighted by molar-refractivity contribution is -0.274. The van der Waals surface area contributed by atoms with Gasteiger partial charge in [-0.1, -0.05) is 6.07 Å². The van der Waals surface area contributed by atoms with Gasteiger partial charge in [0, 0.05) is 11.8 Å². The summed E-state index contributed by atoms with van der Waals surface area (Å²) in [6.07, 6.45) is -3.15. The first-order valence-corrected chi connectivity index (χ1v) is 5.60. The summed E-state index contributed by atoms with van der Waals surface area (Å²) in [6.45, 7) is 1.84. The minimum atomic E-state index is -4.69. The number of hydrogen-bond acceptors (Lipinski definition) is 3. The summed E-state index contributed by atoms with van der Waals surface area (Å²) in [4.78, 5) is 0. The van der Waals surface area contributed by atoms with Crippen LogP contribution < -0.4 is 10.1 Å². The highest BCUT2D eigenvalue weighted by Crippen LogP contribution is 2.27. The zero-order valence-electron chi connectivity index (χ0n) is 10.1. The summed E-state index contributed by atoms with van der Waals surface area (Å²) in [6, 6.07) is 9.05. The SMILES string of the molecule is CC(Nc1cccc(OC(F)(F)F)c1)c1ccco1. The first-order valence-electron chi connectivity index (χ1n) is 5.60. The molecule has 19 heavy (non-hydrogen) atoms. The summed E-state index contributed by atoms with van der Waals surface area (Å²) < 4.78 is 45.4. The van der Waals surface area contributed by atoms with E-state index in [2.05, 4.69) is 10.1 Å². The van der Waals surface area contributed by atoms with Crippen LogP contribution in [-0.4, -0.2) is 6.36 Å². The van der Waals surface area contributed by atoms with Crippen LogP contribution in [0.5, 0.6) is 5.75 Å². The Morgan fingerprint density at radius 3 is 2.63 bits per heavy atom. The average Bonchev–Trinajstić information content (AvgIpc) is 2.80. The van der Waals surface area contributed by atoms with E-state index in [-0.39, 0.29) is 11.8 Å². The van der Waals surface area contributed by atoms with Gasteiger partial charge in [0.15, 0.2) is 0 Å². The van der Waals surface area contributed by atoms with Crippen molar-refractivity contribution in [1.82, 2.24) is 0 Å². The largest absolute Gasteiger partial charge is 0.573 e. The van der Waals surface area contributed by atoms with E-state index in [0.717, 1.165) is 0 Å². The molecule has 0 radical (unpaired) electrons. The fourth-order valence-corrected chi connectivity index (χ4v) is 1.64. The van der Waals surface area contributed by atoms with Crippen molar-refractivity contribution in [3.05, 3.63) is 48.4 Å². The second-order valence-corrected chi connectivity index (χ2v) is 3.96. The molecule has 0 amide bonds. The van der Waals surface area contributed by atoms with E-state index in [9.17, 15) is 13.2 Å². The third-order valence-electron chi connectivity index (χ3n) is 2.42. The van der Waals surface area contributed by atoms with Crippen molar-refractivity contribution in [2.45, 2.75) is 19.3 Å². The van der Waals surface area contributed by atoms with Gasteiger partial charge in [-0.2, -0.15) is 0 Å². The Balaban J connectivity index is 2.07. The summed E-state index contributed by atoms with van der Waals surface area (Å²) >= 11 is 0. The van der Waals surface area contributed by atoms with E-state index in [0.29, 0.717) is 11.4 Å². The molecule has 0 saturated carbocycles. The van der Waals surface area contributed by atoms with E-state index < -0.39 is 6.36 Å². The lowest BCUT2D eigenvalue weighted by atomic mass is 10.2. The van der Waals surface area contributed by atoms with Crippen molar-refractivity contribution in [2.24, 2.45) is 0 Å². The van der Waals surface area contributed by atoms with Crippen LogP contribution >= 0.6 is 0 Å². The van der Waals surface area contributed by atoms with Gasteiger partial charge in [0.2, 0.25) is 0 Å². The zero-order valence-corrected chi connectivity index (χ0v) is 10.1. The molecule has 1 heterocycles. The van der Waals surface area contributed by atoms with Gasteiger partial charge in [-0.05, 0) is 31.2 Å². The van der Waals surface area contributed by atoms with E-state index in [1.165, 1.54) is 24.5 Å². The molecule has 2 aromatic rings. The van der Waals surface area contributed by atoms with Crippen molar-refractivity contribution in [2.75, 3.05) is 5.32 Å². The Hall–Kier alpha value is -2.11. The number of anilines is 1. The van der Waals surface area contributed by atoms with Gasteiger partial charge in [0.1, 0.15) is 11.5 Å². The van der Waals surface area contributed by atoms with Crippen molar-refractivity contribution in [3.63, 3.8) is 0 Å². The monoisotopic (exact) mass is 271 g/mol. The minimum Gasteiger partial charge on any atom is -0.467 e. The highest BCUT2D eigenvalue weighted by atomic mass is 19.4. The average molecular weight is 271 g/mol. The Bertz CT molecular complexity index is 523. The topological polar surface area (TPSA) is 34.4 Å². The number of rotatable bonds is 4. The van der Waals surface area contributed by atoms with Crippen LogP contribution in [0.3, 0.4) is 0 Å². The zero-order chi connectivity index (χ0) is 13.9. The molecule has 0 aliphatic heterocycles. The molecule has 0 aliphatic carbocycles. The number of halogens is 3. The van der Waals surface area contributed by atoms with Crippen molar-refractivity contribution < 1.29 is 22.3 Å². The second kappa shape index (κ2) is 5.26. The maximum atomic E-state index is 12.1. The Morgan fingerprint density at radius 1 is 1.21 bits per heavy atom. The molecule has 0 aliphatic rings. The number of hydrogen-bond donors (Lipinski definition) is 1. The van der Waals surface area contributed by atoms with Gasteiger partial charge in [0.05, 0.1) is 12.3 Å². The van der Waals surface area contributed by atoms with Gasteiger partial charge in [-0.3, -0.25) is 0 Å². The smallest absolute Gasteiger partial charge is 0.467 e. The molecule has 102 valence electrons. The molecule has 1 atom stereocenters. The van der Waals surface area contributed by atoms with Crippen LogP contribution in [-0.2, 0) is 0 Å². The summed E-state index contributed by atoms with van der Waals surface area (Å²) in [5.41, 5.74) is 0.519. The van der Waals surface area contributed by atoms with Crippen molar-refractivity contribution in [3.8, 4) is 5.75 Å². The van der Waals surface area contributed by atoms with Crippen LogP contribution in [0.2, 0.25) is 0 Å². The highest BCUT2D eigenvalue weighted by Gasteiger charge is 2.31. The minimum absolute atomic E-state index is 0.156. The van der Waals surface area contributed by atoms with E-state index in [1.807, 2.05) is 6.92 Å². The Morgan fingerprint density at radius 2 is 2.00 bits per heavy atom. The predicted molar refractivity (Wildman–Crippen MR) is 63.9 cm³/mol. The molecule has 0 saturated heterocycles. The molecule has 0 fully saturated rings. The van der Waals surface area contributed by atoms with Crippen molar-refractivity contribution in [1.29, 1.82) is 0 Å². The first-order chi connectivity index (χ1) is 8.94. The van der Waals surface area contributed by atoms with E-state index in [4.69, 9.17) is 4.42 Å².